The maximum atomic E-state index is 12.4. The van der Waals surface area contributed by atoms with Crippen LogP contribution in [0, 0.1) is 0 Å². The molecule has 1 heterocycles. The number of hydrogen-bond donors (Lipinski definition) is 1. The fourth-order valence-electron chi connectivity index (χ4n) is 2.50. The highest BCUT2D eigenvalue weighted by molar-refractivity contribution is 8.00. The van der Waals surface area contributed by atoms with Gasteiger partial charge in [-0.25, -0.2) is 0 Å². The van der Waals surface area contributed by atoms with Gasteiger partial charge in [-0.1, -0.05) is 29.8 Å². The van der Waals surface area contributed by atoms with Crippen LogP contribution in [-0.4, -0.2) is 24.2 Å². The summed E-state index contributed by atoms with van der Waals surface area (Å²) < 4.78 is 5.50. The lowest BCUT2D eigenvalue weighted by atomic mass is 10.1. The minimum Gasteiger partial charge on any atom is -0.483 e. The SMILES string of the molecule is NC(=O)COc1ccccc1[C@@H]1SCC(=O)N1c1ccc(Cl)cc1. The Morgan fingerprint density at radius 3 is 2.67 bits per heavy atom. The Morgan fingerprint density at radius 2 is 1.96 bits per heavy atom. The van der Waals surface area contributed by atoms with Gasteiger partial charge in [0.2, 0.25) is 5.91 Å². The third-order valence-corrected chi connectivity index (χ3v) is 4.97. The molecule has 1 atom stereocenters. The zero-order valence-corrected chi connectivity index (χ0v) is 14.2. The molecule has 5 nitrogen and oxygen atoms in total. The number of nitrogens with zero attached hydrogens (tertiary/aromatic N) is 1. The lowest BCUT2D eigenvalue weighted by molar-refractivity contribution is -0.120. The molecule has 0 unspecified atom stereocenters. The average Bonchev–Trinajstić information content (AvgIpc) is 2.95. The average molecular weight is 363 g/mol. The summed E-state index contributed by atoms with van der Waals surface area (Å²) >= 11 is 7.44. The van der Waals surface area contributed by atoms with E-state index in [1.165, 1.54) is 11.8 Å². The topological polar surface area (TPSA) is 72.6 Å². The molecule has 2 aromatic carbocycles. The lowest BCUT2D eigenvalue weighted by Crippen LogP contribution is -2.28. The van der Waals surface area contributed by atoms with E-state index in [0.717, 1.165) is 11.3 Å². The van der Waals surface area contributed by atoms with Crippen LogP contribution < -0.4 is 15.4 Å². The van der Waals surface area contributed by atoms with Crippen molar-refractivity contribution in [1.82, 2.24) is 0 Å². The first-order valence-electron chi connectivity index (χ1n) is 7.25. The van der Waals surface area contributed by atoms with E-state index in [0.29, 0.717) is 16.5 Å². The number of thioether (sulfide) groups is 1. The van der Waals surface area contributed by atoms with E-state index >= 15 is 0 Å². The number of rotatable bonds is 5. The van der Waals surface area contributed by atoms with Crippen LogP contribution in [0.25, 0.3) is 0 Å². The first-order chi connectivity index (χ1) is 11.6. The minimum absolute atomic E-state index is 0.0111. The maximum Gasteiger partial charge on any atom is 0.255 e. The van der Waals surface area contributed by atoms with Crippen molar-refractivity contribution in [2.45, 2.75) is 5.37 Å². The Labute approximate surface area is 148 Å². The van der Waals surface area contributed by atoms with Gasteiger partial charge in [-0.15, -0.1) is 11.8 Å². The number of nitrogens with two attached hydrogens (primary N) is 1. The van der Waals surface area contributed by atoms with Gasteiger partial charge in [0.05, 0.1) is 5.75 Å². The predicted octanol–water partition coefficient (Wildman–Crippen LogP) is 2.98. The molecule has 0 saturated carbocycles. The third kappa shape index (κ3) is 3.49. The summed E-state index contributed by atoms with van der Waals surface area (Å²) in [4.78, 5) is 25.1. The van der Waals surface area contributed by atoms with Crippen LogP contribution in [0.15, 0.2) is 48.5 Å². The maximum absolute atomic E-state index is 12.4. The number of halogens is 1. The summed E-state index contributed by atoms with van der Waals surface area (Å²) in [5, 5.41) is 0.377. The molecule has 0 aromatic heterocycles. The van der Waals surface area contributed by atoms with E-state index in [2.05, 4.69) is 0 Å². The van der Waals surface area contributed by atoms with E-state index in [9.17, 15) is 9.59 Å². The van der Waals surface area contributed by atoms with Gasteiger partial charge in [0.1, 0.15) is 11.1 Å². The van der Waals surface area contributed by atoms with E-state index < -0.39 is 5.91 Å². The fourth-order valence-corrected chi connectivity index (χ4v) is 3.83. The van der Waals surface area contributed by atoms with Gasteiger partial charge in [0, 0.05) is 16.3 Å². The third-order valence-electron chi connectivity index (χ3n) is 3.53. The predicted molar refractivity (Wildman–Crippen MR) is 95.3 cm³/mol. The molecule has 7 heteroatoms. The van der Waals surface area contributed by atoms with Crippen molar-refractivity contribution in [2.24, 2.45) is 5.73 Å². The van der Waals surface area contributed by atoms with Gasteiger partial charge in [-0.3, -0.25) is 14.5 Å². The molecular formula is C17H15ClN2O3S. The van der Waals surface area contributed by atoms with Crippen LogP contribution in [0.2, 0.25) is 5.02 Å². The van der Waals surface area contributed by atoms with Crippen molar-refractivity contribution in [3.63, 3.8) is 0 Å². The van der Waals surface area contributed by atoms with E-state index in [1.807, 2.05) is 30.3 Å². The first kappa shape index (κ1) is 16.7. The molecule has 1 aliphatic heterocycles. The standard InChI is InChI=1S/C17H15ClN2O3S/c18-11-5-7-12(8-6-11)20-16(22)10-24-17(20)13-3-1-2-4-14(13)23-9-15(19)21/h1-8,17H,9-10H2,(H2,19,21)/t17-/m0/s1. The highest BCUT2D eigenvalue weighted by atomic mass is 35.5. The Balaban J connectivity index is 1.94. The Bertz CT molecular complexity index is 767. The van der Waals surface area contributed by atoms with Crippen LogP contribution >= 0.6 is 23.4 Å². The van der Waals surface area contributed by atoms with Gasteiger partial charge >= 0.3 is 0 Å². The van der Waals surface area contributed by atoms with Gasteiger partial charge < -0.3 is 10.5 Å². The molecule has 2 N–H and O–H groups in total. The molecule has 24 heavy (non-hydrogen) atoms. The number of hydrogen-bond acceptors (Lipinski definition) is 4. The summed E-state index contributed by atoms with van der Waals surface area (Å²) in [5.74, 6) is 0.381. The molecule has 0 bridgehead atoms. The number of benzene rings is 2. The highest BCUT2D eigenvalue weighted by Crippen LogP contribution is 2.44. The second kappa shape index (κ2) is 7.15. The normalized spacial score (nSPS) is 17.1. The second-order valence-corrected chi connectivity index (χ2v) is 6.70. The monoisotopic (exact) mass is 362 g/mol. The molecule has 2 aromatic rings. The van der Waals surface area contributed by atoms with Crippen molar-refractivity contribution in [3.8, 4) is 5.75 Å². The van der Waals surface area contributed by atoms with Crippen LogP contribution in [0.3, 0.4) is 0 Å². The number of carbonyl (C=O) groups excluding carboxylic acids is 2. The molecule has 0 aliphatic carbocycles. The minimum atomic E-state index is -0.547. The quantitative estimate of drug-likeness (QED) is 0.887. The zero-order valence-electron chi connectivity index (χ0n) is 12.6. The fraction of sp³-hybridized carbons (Fsp3) is 0.176. The summed E-state index contributed by atoms with van der Waals surface area (Å²) in [6.07, 6.45) is 0. The highest BCUT2D eigenvalue weighted by Gasteiger charge is 2.35. The summed E-state index contributed by atoms with van der Waals surface area (Å²) in [5.41, 5.74) is 6.74. The molecule has 1 saturated heterocycles. The molecule has 1 aliphatic rings. The first-order valence-corrected chi connectivity index (χ1v) is 8.68. The van der Waals surface area contributed by atoms with Gasteiger partial charge in [-0.2, -0.15) is 0 Å². The van der Waals surface area contributed by atoms with Crippen molar-refractivity contribution in [2.75, 3.05) is 17.3 Å². The largest absolute Gasteiger partial charge is 0.483 e. The van der Waals surface area contributed by atoms with Crippen LogP contribution in [0.4, 0.5) is 5.69 Å². The Kier molecular flexibility index (Phi) is 4.97. The number of ether oxygens (including phenoxy) is 1. The second-order valence-electron chi connectivity index (χ2n) is 5.20. The molecule has 124 valence electrons. The number of para-hydroxylation sites is 1. The lowest BCUT2D eigenvalue weighted by Gasteiger charge is -2.25. The number of carbonyl (C=O) groups is 2. The number of amides is 2. The van der Waals surface area contributed by atoms with Crippen molar-refractivity contribution < 1.29 is 14.3 Å². The zero-order chi connectivity index (χ0) is 17.1. The van der Waals surface area contributed by atoms with Crippen molar-refractivity contribution >= 4 is 40.9 Å². The summed E-state index contributed by atoms with van der Waals surface area (Å²) in [6, 6.07) is 14.5. The molecular weight excluding hydrogens is 348 g/mol. The van der Waals surface area contributed by atoms with E-state index in [1.54, 1.807) is 23.1 Å². The van der Waals surface area contributed by atoms with Crippen molar-refractivity contribution in [3.05, 3.63) is 59.1 Å². The molecule has 3 rings (SSSR count). The Hall–Kier alpha value is -2.18. The van der Waals surface area contributed by atoms with Gasteiger partial charge in [0.15, 0.2) is 6.61 Å². The summed E-state index contributed by atoms with van der Waals surface area (Å²) in [6.45, 7) is -0.205. The smallest absolute Gasteiger partial charge is 0.255 e. The molecule has 2 amide bonds. The van der Waals surface area contributed by atoms with Gasteiger partial charge in [-0.05, 0) is 30.3 Å². The van der Waals surface area contributed by atoms with E-state index in [-0.39, 0.29) is 17.9 Å². The number of primary amides is 1. The van der Waals surface area contributed by atoms with Crippen LogP contribution in [0.1, 0.15) is 10.9 Å². The van der Waals surface area contributed by atoms with Crippen LogP contribution in [-0.2, 0) is 9.59 Å². The Morgan fingerprint density at radius 1 is 1.25 bits per heavy atom. The molecule has 0 radical (unpaired) electrons. The van der Waals surface area contributed by atoms with Gasteiger partial charge in [0.25, 0.3) is 5.91 Å². The molecule has 1 fully saturated rings. The number of anilines is 1. The van der Waals surface area contributed by atoms with E-state index in [4.69, 9.17) is 22.1 Å². The van der Waals surface area contributed by atoms with Crippen LogP contribution in [0.5, 0.6) is 5.75 Å². The van der Waals surface area contributed by atoms with Crippen molar-refractivity contribution in [1.29, 1.82) is 0 Å². The molecule has 0 spiro atoms. The summed E-state index contributed by atoms with van der Waals surface area (Å²) in [7, 11) is 0.